The summed E-state index contributed by atoms with van der Waals surface area (Å²) in [6, 6.07) is 9.29. The van der Waals surface area contributed by atoms with E-state index in [4.69, 9.17) is 7.85 Å². The normalized spacial score (nSPS) is 11.0. The van der Waals surface area contributed by atoms with Crippen LogP contribution in [-0.2, 0) is 13.6 Å². The third-order valence-corrected chi connectivity index (χ3v) is 4.14. The van der Waals surface area contributed by atoms with Crippen LogP contribution in [0.5, 0.6) is 0 Å². The fourth-order valence-corrected chi connectivity index (χ4v) is 2.80. The topological polar surface area (TPSA) is 42.2 Å². The number of nitrogens with one attached hydrogen (secondary N) is 1. The second kappa shape index (κ2) is 12.8. The first kappa shape index (κ1) is 26.3. The van der Waals surface area contributed by atoms with Crippen molar-refractivity contribution in [3.05, 3.63) is 59.0 Å². The minimum absolute atomic E-state index is 0.000173. The number of alkyl halides is 2. The molecule has 0 aliphatic heterocycles. The fraction of sp³-hybridized carbons (Fsp3) is 0.391. The van der Waals surface area contributed by atoms with E-state index in [-0.39, 0.29) is 12.1 Å². The molecule has 2 radical (unpaired) electrons. The smallest absolute Gasteiger partial charge is 0.266 e. The maximum atomic E-state index is 14.2. The van der Waals surface area contributed by atoms with Gasteiger partial charge in [0.05, 0.1) is 11.1 Å². The summed E-state index contributed by atoms with van der Waals surface area (Å²) in [7, 11) is 9.30. The average molecular weight is 430 g/mol. The van der Waals surface area contributed by atoms with Crippen LogP contribution in [0, 0.1) is 5.82 Å². The van der Waals surface area contributed by atoms with Crippen molar-refractivity contribution in [2.45, 2.75) is 47.1 Å². The van der Waals surface area contributed by atoms with Gasteiger partial charge in [0.15, 0.2) is 0 Å². The van der Waals surface area contributed by atoms with E-state index in [2.05, 4.69) is 29.1 Å². The van der Waals surface area contributed by atoms with E-state index < -0.39 is 17.8 Å². The number of anilines is 1. The Hall–Kier alpha value is -2.77. The lowest BCUT2D eigenvalue weighted by Gasteiger charge is -2.14. The number of nitrogens with zero attached hydrogens (tertiary/aromatic N) is 3. The standard InChI is InChI=1S/C18H16BF3N4.C3H8.C2H6/c1-23-18-25-17(13-8-11(19)6-7-14(13)26(18)2)24-9-10-4-3-5-12(15(10)20)16(21)22;1-3-2;1-2/h3-8,16H,9H2,1-2H3,(H,23,24,25);3H2,1-2H3;1-2H3. The van der Waals surface area contributed by atoms with E-state index >= 15 is 0 Å². The molecule has 2 aromatic carbocycles. The molecule has 0 aliphatic carbocycles. The van der Waals surface area contributed by atoms with Gasteiger partial charge in [-0.3, -0.25) is 4.99 Å². The van der Waals surface area contributed by atoms with Crippen molar-refractivity contribution in [1.29, 1.82) is 0 Å². The van der Waals surface area contributed by atoms with E-state index in [9.17, 15) is 13.2 Å². The molecule has 0 bridgehead atoms. The zero-order chi connectivity index (χ0) is 23.6. The second-order valence-electron chi connectivity index (χ2n) is 6.50. The molecule has 1 heterocycles. The molecule has 31 heavy (non-hydrogen) atoms. The highest BCUT2D eigenvalue weighted by atomic mass is 19.3. The van der Waals surface area contributed by atoms with E-state index in [1.165, 1.54) is 18.6 Å². The van der Waals surface area contributed by atoms with Crippen molar-refractivity contribution in [2.75, 3.05) is 12.4 Å². The van der Waals surface area contributed by atoms with Crippen molar-refractivity contribution in [2.24, 2.45) is 12.0 Å². The SMILES string of the molecule is CC.CCC.[B]c1ccc2c(c1)c(NCc1cccc(C(F)F)c1F)nc(=NC)n2C. The van der Waals surface area contributed by atoms with Crippen molar-refractivity contribution in [3.8, 4) is 0 Å². The molecule has 3 aromatic rings. The third-order valence-electron chi connectivity index (χ3n) is 4.14. The molecule has 1 aromatic heterocycles. The van der Waals surface area contributed by atoms with Gasteiger partial charge < -0.3 is 9.88 Å². The Morgan fingerprint density at radius 2 is 1.81 bits per heavy atom. The van der Waals surface area contributed by atoms with Crippen LogP contribution < -0.4 is 16.4 Å². The van der Waals surface area contributed by atoms with Gasteiger partial charge in [0, 0.05) is 31.6 Å². The summed E-state index contributed by atoms with van der Waals surface area (Å²) >= 11 is 0. The summed E-state index contributed by atoms with van der Waals surface area (Å²) in [5, 5.41) is 3.74. The second-order valence-corrected chi connectivity index (χ2v) is 6.50. The molecule has 1 N–H and O–H groups in total. The molecule has 0 unspecified atom stereocenters. The summed E-state index contributed by atoms with van der Waals surface area (Å²) in [5.41, 5.74) is 1.36. The van der Waals surface area contributed by atoms with Gasteiger partial charge in [-0.2, -0.15) is 4.98 Å². The van der Waals surface area contributed by atoms with Gasteiger partial charge in [-0.05, 0) is 6.07 Å². The van der Waals surface area contributed by atoms with Gasteiger partial charge in [-0.25, -0.2) is 13.2 Å². The lowest BCUT2D eigenvalue weighted by Crippen LogP contribution is -2.24. The number of aromatic nitrogens is 2. The highest BCUT2D eigenvalue weighted by Gasteiger charge is 2.16. The number of halogens is 3. The lowest BCUT2D eigenvalue weighted by molar-refractivity contribution is 0.146. The zero-order valence-corrected chi connectivity index (χ0v) is 19.0. The Labute approximate surface area is 183 Å². The average Bonchev–Trinajstić information content (AvgIpc) is 2.76. The number of aryl methyl sites for hydroxylation is 1. The van der Waals surface area contributed by atoms with Gasteiger partial charge in [0.25, 0.3) is 6.43 Å². The maximum Gasteiger partial charge on any atom is 0.266 e. The van der Waals surface area contributed by atoms with Gasteiger partial charge >= 0.3 is 0 Å². The number of hydrogen-bond donors (Lipinski definition) is 1. The molecule has 0 aliphatic rings. The van der Waals surface area contributed by atoms with Crippen LogP contribution in [0.3, 0.4) is 0 Å². The van der Waals surface area contributed by atoms with Crippen LogP contribution in [0.1, 0.15) is 51.7 Å². The third kappa shape index (κ3) is 6.61. The summed E-state index contributed by atoms with van der Waals surface area (Å²) in [4.78, 5) is 8.54. The summed E-state index contributed by atoms with van der Waals surface area (Å²) < 4.78 is 41.8. The number of fused-ring (bicyclic) bond motifs is 1. The van der Waals surface area contributed by atoms with E-state index in [1.807, 2.05) is 27.0 Å². The number of benzene rings is 2. The van der Waals surface area contributed by atoms with E-state index in [0.717, 1.165) is 17.0 Å². The number of rotatable bonds is 4. The summed E-state index contributed by atoms with van der Waals surface area (Å²) in [5.74, 6) is -0.464. The molecule has 8 heteroatoms. The first-order chi connectivity index (χ1) is 14.8. The molecule has 0 saturated carbocycles. The Bertz CT molecular complexity index is 1050. The summed E-state index contributed by atoms with van der Waals surface area (Å²) in [6.45, 7) is 8.25. The van der Waals surface area contributed by atoms with Crippen LogP contribution in [0.15, 0.2) is 41.4 Å². The molecule has 0 atom stereocenters. The van der Waals surface area contributed by atoms with Gasteiger partial charge in [-0.15, -0.1) is 0 Å². The van der Waals surface area contributed by atoms with E-state index in [1.54, 1.807) is 23.7 Å². The van der Waals surface area contributed by atoms with Crippen molar-refractivity contribution in [1.82, 2.24) is 9.55 Å². The molecular weight excluding hydrogens is 400 g/mol. The molecule has 3 rings (SSSR count). The molecular formula is C23H30BF3N4. The zero-order valence-electron chi connectivity index (χ0n) is 19.0. The van der Waals surface area contributed by atoms with Gasteiger partial charge in [0.2, 0.25) is 5.62 Å². The Morgan fingerprint density at radius 3 is 2.39 bits per heavy atom. The van der Waals surface area contributed by atoms with Crippen LogP contribution in [0.25, 0.3) is 10.9 Å². The fourth-order valence-electron chi connectivity index (χ4n) is 2.80. The molecule has 4 nitrogen and oxygen atoms in total. The molecule has 0 saturated heterocycles. The van der Waals surface area contributed by atoms with Crippen molar-refractivity contribution in [3.63, 3.8) is 0 Å². The quantitative estimate of drug-likeness (QED) is 0.590. The first-order valence-corrected chi connectivity index (χ1v) is 10.3. The Kier molecular flexibility index (Phi) is 10.9. The summed E-state index contributed by atoms with van der Waals surface area (Å²) in [6.07, 6.45) is -1.62. The Morgan fingerprint density at radius 1 is 1.16 bits per heavy atom. The van der Waals surface area contributed by atoms with Gasteiger partial charge in [0.1, 0.15) is 19.5 Å². The lowest BCUT2D eigenvalue weighted by atomic mass is 9.95. The number of hydrogen-bond acceptors (Lipinski definition) is 3. The van der Waals surface area contributed by atoms with Gasteiger partial charge in [-0.1, -0.05) is 69.9 Å². The Balaban J connectivity index is 0.000000884. The van der Waals surface area contributed by atoms with Crippen LogP contribution in [0.2, 0.25) is 0 Å². The van der Waals surface area contributed by atoms with Crippen LogP contribution in [-0.4, -0.2) is 24.4 Å². The minimum atomic E-state index is -2.87. The van der Waals surface area contributed by atoms with Crippen molar-refractivity contribution < 1.29 is 13.2 Å². The predicted molar refractivity (Wildman–Crippen MR) is 124 cm³/mol. The first-order valence-electron chi connectivity index (χ1n) is 10.3. The molecule has 0 fully saturated rings. The minimum Gasteiger partial charge on any atom is -0.365 e. The molecule has 0 spiro atoms. The highest BCUT2D eigenvalue weighted by Crippen LogP contribution is 2.25. The van der Waals surface area contributed by atoms with Crippen LogP contribution >= 0.6 is 0 Å². The predicted octanol–water partition coefficient (Wildman–Crippen LogP) is 5.03. The largest absolute Gasteiger partial charge is 0.365 e. The molecule has 0 amide bonds. The van der Waals surface area contributed by atoms with Crippen LogP contribution in [0.4, 0.5) is 19.0 Å². The molecule has 166 valence electrons. The van der Waals surface area contributed by atoms with E-state index in [0.29, 0.717) is 16.9 Å². The maximum absolute atomic E-state index is 14.2. The monoisotopic (exact) mass is 430 g/mol. The van der Waals surface area contributed by atoms with Crippen molar-refractivity contribution >= 4 is 30.0 Å². The highest BCUT2D eigenvalue weighted by molar-refractivity contribution is 6.33.